The van der Waals surface area contributed by atoms with E-state index in [1.54, 1.807) is 0 Å². The number of anilines is 1. The molecule has 0 aliphatic rings. The lowest BCUT2D eigenvalue weighted by atomic mass is 10.1. The van der Waals surface area contributed by atoms with Crippen molar-refractivity contribution in [1.29, 1.82) is 0 Å². The van der Waals surface area contributed by atoms with Crippen LogP contribution in [0.15, 0.2) is 73.3 Å². The summed E-state index contributed by atoms with van der Waals surface area (Å²) in [5.41, 5.74) is 7.31. The molecule has 1 heterocycles. The van der Waals surface area contributed by atoms with Crippen LogP contribution in [-0.4, -0.2) is 6.54 Å². The summed E-state index contributed by atoms with van der Waals surface area (Å²) in [4.78, 5) is 2.54. The summed E-state index contributed by atoms with van der Waals surface area (Å²) >= 11 is 1.83. The van der Waals surface area contributed by atoms with Crippen LogP contribution in [0.2, 0.25) is 0 Å². The van der Waals surface area contributed by atoms with Gasteiger partial charge in [0, 0.05) is 17.1 Å². The van der Waals surface area contributed by atoms with Gasteiger partial charge in [-0.1, -0.05) is 62.8 Å². The van der Waals surface area contributed by atoms with E-state index in [0.717, 1.165) is 24.5 Å². The van der Waals surface area contributed by atoms with Gasteiger partial charge in [0.25, 0.3) is 0 Å². The van der Waals surface area contributed by atoms with Crippen LogP contribution in [0.4, 0.5) is 5.69 Å². The largest absolute Gasteiger partial charge is 0.354 e. The number of nitrogens with one attached hydrogen (secondary N) is 2. The lowest BCUT2D eigenvalue weighted by Crippen LogP contribution is -2.14. The van der Waals surface area contributed by atoms with E-state index in [4.69, 9.17) is 0 Å². The second kappa shape index (κ2) is 11.7. The Kier molecular flexibility index (Phi) is 8.69. The fraction of sp³-hybridized carbons (Fsp3) is 0.286. The van der Waals surface area contributed by atoms with E-state index >= 15 is 0 Å². The van der Waals surface area contributed by atoms with Crippen LogP contribution in [0, 0.1) is 13.8 Å². The third-order valence-electron chi connectivity index (χ3n) is 5.24. The molecule has 0 bridgehead atoms. The summed E-state index contributed by atoms with van der Waals surface area (Å²) in [7, 11) is 0. The van der Waals surface area contributed by atoms with E-state index in [9.17, 15) is 0 Å². The molecule has 0 unspecified atom stereocenters. The topological polar surface area (TPSA) is 24.1 Å². The highest BCUT2D eigenvalue weighted by atomic mass is 32.1. The first-order chi connectivity index (χ1) is 15.1. The normalized spacial score (nSPS) is 11.5. The number of allylic oxidation sites excluding steroid dienone is 2. The highest BCUT2D eigenvalue weighted by Crippen LogP contribution is 2.36. The van der Waals surface area contributed by atoms with Crippen molar-refractivity contribution in [1.82, 2.24) is 5.32 Å². The van der Waals surface area contributed by atoms with E-state index in [2.05, 4.69) is 98.7 Å². The predicted molar refractivity (Wildman–Crippen MR) is 139 cm³/mol. The number of thiophene rings is 1. The van der Waals surface area contributed by atoms with Crippen LogP contribution < -0.4 is 10.6 Å². The van der Waals surface area contributed by atoms with Crippen LogP contribution in [0.5, 0.6) is 0 Å². The third kappa shape index (κ3) is 6.68. The van der Waals surface area contributed by atoms with Gasteiger partial charge in [-0.25, -0.2) is 0 Å². The van der Waals surface area contributed by atoms with Gasteiger partial charge in [-0.3, -0.25) is 0 Å². The molecule has 0 radical (unpaired) electrons. The standard InChI is InChI=1S/C28H34N2S/c1-5-7-8-16-29-20-23-13-10-14-24(19-23)27-18-22(4)28(31-27)26(11-6-2)30-25-15-9-12-21(3)17-25/h6,9-15,17-19,29-30H,2,5,7-8,16,20H2,1,3-4H3/b26-11+. The minimum atomic E-state index is 0.922. The lowest BCUT2D eigenvalue weighted by molar-refractivity contribution is 0.617. The fourth-order valence-electron chi connectivity index (χ4n) is 3.63. The molecule has 0 atom stereocenters. The first-order valence-corrected chi connectivity index (χ1v) is 12.0. The van der Waals surface area contributed by atoms with Crippen molar-refractivity contribution in [3.05, 3.63) is 94.9 Å². The predicted octanol–water partition coefficient (Wildman–Crippen LogP) is 7.95. The quantitative estimate of drug-likeness (QED) is 0.238. The van der Waals surface area contributed by atoms with Crippen LogP contribution >= 0.6 is 11.3 Å². The summed E-state index contributed by atoms with van der Waals surface area (Å²) in [6.07, 6.45) is 7.71. The van der Waals surface area contributed by atoms with Crippen molar-refractivity contribution in [2.24, 2.45) is 0 Å². The smallest absolute Gasteiger partial charge is 0.0562 e. The highest BCUT2D eigenvalue weighted by molar-refractivity contribution is 7.16. The fourth-order valence-corrected chi connectivity index (χ4v) is 4.78. The van der Waals surface area contributed by atoms with Gasteiger partial charge < -0.3 is 10.6 Å². The number of hydrogen-bond donors (Lipinski definition) is 2. The van der Waals surface area contributed by atoms with Crippen molar-refractivity contribution in [2.75, 3.05) is 11.9 Å². The molecule has 0 saturated carbocycles. The average molecular weight is 431 g/mol. The first-order valence-electron chi connectivity index (χ1n) is 11.2. The number of aryl methyl sites for hydroxylation is 2. The molecule has 3 aromatic rings. The Hall–Kier alpha value is -2.62. The first kappa shape index (κ1) is 23.1. The SMILES string of the molecule is C=C/C=C(/Nc1cccc(C)c1)c1sc(-c2cccc(CNCCCCC)c2)cc1C. The molecule has 0 saturated heterocycles. The summed E-state index contributed by atoms with van der Waals surface area (Å²) in [5, 5.41) is 7.16. The Bertz CT molecular complexity index is 1030. The molecule has 2 aromatic carbocycles. The zero-order chi connectivity index (χ0) is 22.1. The molecule has 0 spiro atoms. The molecular formula is C28H34N2S. The molecule has 3 rings (SSSR count). The van der Waals surface area contributed by atoms with E-state index < -0.39 is 0 Å². The van der Waals surface area contributed by atoms with E-state index in [1.807, 2.05) is 17.4 Å². The molecule has 0 aliphatic carbocycles. The second-order valence-electron chi connectivity index (χ2n) is 8.02. The van der Waals surface area contributed by atoms with Gasteiger partial charge in [0.2, 0.25) is 0 Å². The second-order valence-corrected chi connectivity index (χ2v) is 9.07. The Morgan fingerprint density at radius 3 is 2.65 bits per heavy atom. The van der Waals surface area contributed by atoms with Gasteiger partial charge in [-0.2, -0.15) is 0 Å². The zero-order valence-electron chi connectivity index (χ0n) is 19.0. The summed E-state index contributed by atoms with van der Waals surface area (Å²) < 4.78 is 0. The maximum atomic E-state index is 3.92. The monoisotopic (exact) mass is 430 g/mol. The highest BCUT2D eigenvalue weighted by Gasteiger charge is 2.12. The van der Waals surface area contributed by atoms with Gasteiger partial charge in [-0.15, -0.1) is 11.3 Å². The van der Waals surface area contributed by atoms with Crippen LogP contribution in [-0.2, 0) is 6.54 Å². The maximum Gasteiger partial charge on any atom is 0.0562 e. The average Bonchev–Trinajstić information content (AvgIpc) is 3.15. The van der Waals surface area contributed by atoms with E-state index in [-0.39, 0.29) is 0 Å². The van der Waals surface area contributed by atoms with Gasteiger partial charge >= 0.3 is 0 Å². The van der Waals surface area contributed by atoms with Crippen molar-refractivity contribution in [2.45, 2.75) is 46.6 Å². The molecule has 0 aliphatic heterocycles. The van der Waals surface area contributed by atoms with Crippen molar-refractivity contribution in [3.8, 4) is 10.4 Å². The van der Waals surface area contributed by atoms with E-state index in [0.29, 0.717) is 0 Å². The Morgan fingerprint density at radius 1 is 1.03 bits per heavy atom. The van der Waals surface area contributed by atoms with Crippen molar-refractivity contribution >= 4 is 22.7 Å². The Labute approximate surface area is 191 Å². The van der Waals surface area contributed by atoms with Crippen molar-refractivity contribution < 1.29 is 0 Å². The molecule has 2 N–H and O–H groups in total. The maximum absolute atomic E-state index is 3.92. The summed E-state index contributed by atoms with van der Waals surface area (Å²) in [6, 6.07) is 19.6. The Balaban J connectivity index is 1.78. The van der Waals surface area contributed by atoms with Crippen LogP contribution in [0.3, 0.4) is 0 Å². The molecule has 3 heteroatoms. The molecular weight excluding hydrogens is 396 g/mol. The lowest BCUT2D eigenvalue weighted by Gasteiger charge is -2.11. The molecule has 0 fully saturated rings. The third-order valence-corrected chi connectivity index (χ3v) is 6.56. The van der Waals surface area contributed by atoms with Crippen molar-refractivity contribution in [3.63, 3.8) is 0 Å². The molecule has 31 heavy (non-hydrogen) atoms. The number of benzene rings is 2. The van der Waals surface area contributed by atoms with Crippen LogP contribution in [0.1, 0.15) is 47.8 Å². The van der Waals surface area contributed by atoms with E-state index in [1.165, 1.54) is 51.3 Å². The summed E-state index contributed by atoms with van der Waals surface area (Å²) in [5.74, 6) is 0. The molecule has 0 amide bonds. The minimum Gasteiger partial charge on any atom is -0.354 e. The number of rotatable bonds is 11. The number of hydrogen-bond acceptors (Lipinski definition) is 3. The zero-order valence-corrected chi connectivity index (χ0v) is 19.8. The van der Waals surface area contributed by atoms with Gasteiger partial charge in [0.1, 0.15) is 0 Å². The molecule has 2 nitrogen and oxygen atoms in total. The van der Waals surface area contributed by atoms with Gasteiger partial charge in [0.05, 0.1) is 10.6 Å². The Morgan fingerprint density at radius 2 is 1.87 bits per heavy atom. The molecule has 1 aromatic heterocycles. The molecule has 162 valence electrons. The number of unbranched alkanes of at least 4 members (excludes halogenated alkanes) is 2. The van der Waals surface area contributed by atoms with Crippen LogP contribution in [0.25, 0.3) is 16.1 Å². The summed E-state index contributed by atoms with van der Waals surface area (Å²) in [6.45, 7) is 12.5. The van der Waals surface area contributed by atoms with Gasteiger partial charge in [-0.05, 0) is 79.4 Å². The minimum absolute atomic E-state index is 0.922. The van der Waals surface area contributed by atoms with Gasteiger partial charge in [0.15, 0.2) is 0 Å².